The van der Waals surface area contributed by atoms with Crippen LogP contribution < -0.4 is 5.32 Å². The van der Waals surface area contributed by atoms with Gasteiger partial charge in [0.2, 0.25) is 5.91 Å². The third kappa shape index (κ3) is 3.48. The van der Waals surface area contributed by atoms with Gasteiger partial charge in [0.25, 0.3) is 0 Å². The Morgan fingerprint density at radius 1 is 1.45 bits per heavy atom. The zero-order valence-electron chi connectivity index (χ0n) is 12.4. The van der Waals surface area contributed by atoms with E-state index in [0.717, 1.165) is 11.4 Å². The monoisotopic (exact) mass is 291 g/mol. The minimum absolute atomic E-state index is 0.0702. The van der Waals surface area contributed by atoms with Crippen LogP contribution in [0.15, 0.2) is 23.6 Å². The summed E-state index contributed by atoms with van der Waals surface area (Å²) >= 11 is 1.68. The van der Waals surface area contributed by atoms with Crippen molar-refractivity contribution in [3.63, 3.8) is 0 Å². The molecule has 0 aromatic carbocycles. The molecule has 0 aliphatic carbocycles. The first-order chi connectivity index (χ1) is 9.38. The second-order valence-electron chi connectivity index (χ2n) is 5.88. The van der Waals surface area contributed by atoms with Crippen molar-refractivity contribution in [2.24, 2.45) is 5.41 Å². The molecule has 108 valence electrons. The third-order valence-corrected chi connectivity index (χ3v) is 3.94. The lowest BCUT2D eigenvalue weighted by atomic mass is 9.96. The van der Waals surface area contributed by atoms with Crippen LogP contribution in [0.25, 0.3) is 10.6 Å². The molecule has 1 amide bonds. The Morgan fingerprint density at radius 3 is 2.80 bits per heavy atom. The number of hydrogen-bond donors (Lipinski definition) is 1. The summed E-state index contributed by atoms with van der Waals surface area (Å²) in [6.07, 6.45) is 0. The lowest BCUT2D eigenvalue weighted by molar-refractivity contribution is -0.128. The van der Waals surface area contributed by atoms with E-state index in [9.17, 15) is 4.79 Å². The Kier molecular flexibility index (Phi) is 4.28. The average Bonchev–Trinajstić information content (AvgIpc) is 2.98. The molecule has 2 aromatic heterocycles. The molecule has 0 fully saturated rings. The fourth-order valence-electron chi connectivity index (χ4n) is 1.82. The molecule has 0 saturated carbocycles. The number of aryl methyl sites for hydroxylation is 1. The van der Waals surface area contributed by atoms with Crippen LogP contribution in [-0.2, 0) is 11.3 Å². The molecular weight excluding hydrogens is 270 g/mol. The van der Waals surface area contributed by atoms with Crippen LogP contribution in [0.3, 0.4) is 0 Å². The van der Waals surface area contributed by atoms with Gasteiger partial charge in [0.1, 0.15) is 5.69 Å². The van der Waals surface area contributed by atoms with Gasteiger partial charge in [-0.1, -0.05) is 26.8 Å². The van der Waals surface area contributed by atoms with Gasteiger partial charge in [0.15, 0.2) is 0 Å². The van der Waals surface area contributed by atoms with Crippen molar-refractivity contribution in [1.82, 2.24) is 15.1 Å². The summed E-state index contributed by atoms with van der Waals surface area (Å²) in [6, 6.07) is 6.17. The van der Waals surface area contributed by atoms with Crippen LogP contribution in [0.5, 0.6) is 0 Å². The highest BCUT2D eigenvalue weighted by Crippen LogP contribution is 2.23. The first-order valence-electron chi connectivity index (χ1n) is 6.74. The Hall–Kier alpha value is -1.62. The molecule has 0 aliphatic rings. The Balaban J connectivity index is 1.96. The molecule has 2 heterocycles. The van der Waals surface area contributed by atoms with Crippen LogP contribution in [0.1, 0.15) is 26.5 Å². The van der Waals surface area contributed by atoms with Gasteiger partial charge in [0, 0.05) is 17.7 Å². The fourth-order valence-corrected chi connectivity index (χ4v) is 2.50. The number of hydrogen-bond acceptors (Lipinski definition) is 3. The van der Waals surface area contributed by atoms with Crippen LogP contribution >= 0.6 is 11.3 Å². The number of thiophene rings is 1. The standard InChI is InChI=1S/C15H21N3OS/c1-11-10-12(13-6-5-9-20-13)17-18(11)8-7-16-14(19)15(2,3)4/h5-6,9-10H,7-8H2,1-4H3,(H,16,19). The highest BCUT2D eigenvalue weighted by molar-refractivity contribution is 7.13. The first kappa shape index (κ1) is 14.8. The number of carbonyl (C=O) groups is 1. The van der Waals surface area contributed by atoms with E-state index in [0.29, 0.717) is 13.1 Å². The largest absolute Gasteiger partial charge is 0.354 e. The van der Waals surface area contributed by atoms with Crippen molar-refractivity contribution < 1.29 is 4.79 Å². The lowest BCUT2D eigenvalue weighted by Crippen LogP contribution is -2.36. The maximum Gasteiger partial charge on any atom is 0.225 e. The SMILES string of the molecule is Cc1cc(-c2cccs2)nn1CCNC(=O)C(C)(C)C. The van der Waals surface area contributed by atoms with E-state index in [1.165, 1.54) is 4.88 Å². The Labute approximate surface area is 123 Å². The minimum Gasteiger partial charge on any atom is -0.354 e. The summed E-state index contributed by atoms with van der Waals surface area (Å²) in [5.74, 6) is 0.0702. The van der Waals surface area contributed by atoms with E-state index < -0.39 is 0 Å². The van der Waals surface area contributed by atoms with Gasteiger partial charge < -0.3 is 5.32 Å². The molecule has 0 saturated heterocycles. The predicted octanol–water partition coefficient (Wildman–Crippen LogP) is 3.08. The third-order valence-electron chi connectivity index (χ3n) is 3.05. The smallest absolute Gasteiger partial charge is 0.225 e. The molecule has 0 unspecified atom stereocenters. The van der Waals surface area contributed by atoms with Crippen molar-refractivity contribution in [3.8, 4) is 10.6 Å². The molecule has 5 heteroatoms. The summed E-state index contributed by atoms with van der Waals surface area (Å²) in [5.41, 5.74) is 1.76. The number of nitrogens with one attached hydrogen (secondary N) is 1. The minimum atomic E-state index is -0.346. The van der Waals surface area contributed by atoms with Crippen LogP contribution in [0.4, 0.5) is 0 Å². The van der Waals surface area contributed by atoms with E-state index in [2.05, 4.69) is 22.5 Å². The summed E-state index contributed by atoms with van der Waals surface area (Å²) in [7, 11) is 0. The summed E-state index contributed by atoms with van der Waals surface area (Å²) in [4.78, 5) is 13.0. The van der Waals surface area contributed by atoms with Crippen molar-refractivity contribution in [1.29, 1.82) is 0 Å². The van der Waals surface area contributed by atoms with Gasteiger partial charge in [-0.3, -0.25) is 9.48 Å². The van der Waals surface area contributed by atoms with E-state index in [1.54, 1.807) is 11.3 Å². The van der Waals surface area contributed by atoms with Crippen LogP contribution in [0, 0.1) is 12.3 Å². The van der Waals surface area contributed by atoms with Crippen molar-refractivity contribution >= 4 is 17.2 Å². The van der Waals surface area contributed by atoms with Crippen molar-refractivity contribution in [2.75, 3.05) is 6.54 Å². The van der Waals surface area contributed by atoms with Gasteiger partial charge in [-0.15, -0.1) is 11.3 Å². The maximum absolute atomic E-state index is 11.8. The predicted molar refractivity (Wildman–Crippen MR) is 82.7 cm³/mol. The van der Waals surface area contributed by atoms with E-state index in [1.807, 2.05) is 43.8 Å². The Morgan fingerprint density at radius 2 is 2.20 bits per heavy atom. The molecular formula is C15H21N3OS. The zero-order valence-corrected chi connectivity index (χ0v) is 13.3. The number of carbonyl (C=O) groups excluding carboxylic acids is 1. The topological polar surface area (TPSA) is 46.9 Å². The molecule has 0 spiro atoms. The summed E-state index contributed by atoms with van der Waals surface area (Å²) in [5, 5.41) is 9.58. The maximum atomic E-state index is 11.8. The Bertz CT molecular complexity index is 579. The second-order valence-corrected chi connectivity index (χ2v) is 6.82. The number of amides is 1. The van der Waals surface area contributed by atoms with Gasteiger partial charge >= 0.3 is 0 Å². The van der Waals surface area contributed by atoms with Crippen molar-refractivity contribution in [3.05, 3.63) is 29.3 Å². The lowest BCUT2D eigenvalue weighted by Gasteiger charge is -2.17. The van der Waals surface area contributed by atoms with Gasteiger partial charge in [-0.25, -0.2) is 0 Å². The van der Waals surface area contributed by atoms with Gasteiger partial charge in [-0.2, -0.15) is 5.10 Å². The molecule has 0 radical (unpaired) electrons. The summed E-state index contributed by atoms with van der Waals surface area (Å²) < 4.78 is 1.94. The van der Waals surface area contributed by atoms with E-state index in [-0.39, 0.29) is 11.3 Å². The second kappa shape index (κ2) is 5.79. The normalized spacial score (nSPS) is 11.6. The molecule has 0 atom stereocenters. The number of rotatable bonds is 4. The molecule has 0 bridgehead atoms. The van der Waals surface area contributed by atoms with Crippen LogP contribution in [-0.4, -0.2) is 22.2 Å². The molecule has 20 heavy (non-hydrogen) atoms. The average molecular weight is 291 g/mol. The molecule has 4 nitrogen and oxygen atoms in total. The first-order valence-corrected chi connectivity index (χ1v) is 7.62. The van der Waals surface area contributed by atoms with Gasteiger partial charge in [-0.05, 0) is 24.4 Å². The van der Waals surface area contributed by atoms with Crippen LogP contribution in [0.2, 0.25) is 0 Å². The van der Waals surface area contributed by atoms with Crippen molar-refractivity contribution in [2.45, 2.75) is 34.2 Å². The molecule has 0 aliphatic heterocycles. The molecule has 1 N–H and O–H groups in total. The van der Waals surface area contributed by atoms with E-state index >= 15 is 0 Å². The zero-order chi connectivity index (χ0) is 14.8. The molecule has 2 aromatic rings. The summed E-state index contributed by atoms with van der Waals surface area (Å²) in [6.45, 7) is 9.07. The van der Waals surface area contributed by atoms with Gasteiger partial charge in [0.05, 0.1) is 11.4 Å². The quantitative estimate of drug-likeness (QED) is 0.941. The fraction of sp³-hybridized carbons (Fsp3) is 0.467. The number of nitrogens with zero attached hydrogens (tertiary/aromatic N) is 2. The number of aromatic nitrogens is 2. The highest BCUT2D eigenvalue weighted by atomic mass is 32.1. The van der Waals surface area contributed by atoms with E-state index in [4.69, 9.17) is 0 Å². The molecule has 2 rings (SSSR count). The highest BCUT2D eigenvalue weighted by Gasteiger charge is 2.20.